The summed E-state index contributed by atoms with van der Waals surface area (Å²) in [5, 5.41) is 22.4. The fraction of sp³-hybridized carbons (Fsp3) is 0.0769. The summed E-state index contributed by atoms with van der Waals surface area (Å²) in [5.74, 6) is -1.30. The number of nitrogens with one attached hydrogen (secondary N) is 1. The Morgan fingerprint density at radius 3 is 2.48 bits per heavy atom. The Hall–Kier alpha value is -3.17. The van der Waals surface area contributed by atoms with E-state index in [0.717, 1.165) is 24.3 Å². The van der Waals surface area contributed by atoms with E-state index in [4.69, 9.17) is 0 Å². The van der Waals surface area contributed by atoms with Crippen molar-refractivity contribution in [2.75, 3.05) is 5.32 Å². The van der Waals surface area contributed by atoms with E-state index < -0.39 is 28.5 Å². The summed E-state index contributed by atoms with van der Waals surface area (Å²) < 4.78 is 37.1. The molecule has 0 aliphatic heterocycles. The van der Waals surface area contributed by atoms with E-state index in [0.29, 0.717) is 12.3 Å². The van der Waals surface area contributed by atoms with Gasteiger partial charge in [0.05, 0.1) is 16.2 Å². The standard InChI is InChI=1S/C13H8F3N3O4/c14-13(15,16)11-4-1-7(6-17-11)12(21)18-9-5-8(19(22)23)2-3-10(9)20/h1-6,20H,(H,18,21). The summed E-state index contributed by atoms with van der Waals surface area (Å²) in [4.78, 5) is 24.9. The number of nitro benzene ring substituents is 1. The normalized spacial score (nSPS) is 11.1. The van der Waals surface area contributed by atoms with E-state index in [2.05, 4.69) is 10.3 Å². The molecule has 0 saturated carbocycles. The van der Waals surface area contributed by atoms with E-state index >= 15 is 0 Å². The van der Waals surface area contributed by atoms with Gasteiger partial charge in [-0.25, -0.2) is 0 Å². The van der Waals surface area contributed by atoms with Crippen molar-refractivity contribution in [1.29, 1.82) is 0 Å². The fourth-order valence-corrected chi connectivity index (χ4v) is 1.63. The maximum absolute atomic E-state index is 12.4. The van der Waals surface area contributed by atoms with E-state index in [1.165, 1.54) is 0 Å². The van der Waals surface area contributed by atoms with Crippen LogP contribution in [0.3, 0.4) is 0 Å². The van der Waals surface area contributed by atoms with Crippen LogP contribution in [0.15, 0.2) is 36.5 Å². The number of nitrogens with zero attached hydrogens (tertiary/aromatic N) is 2. The smallest absolute Gasteiger partial charge is 0.433 e. The van der Waals surface area contributed by atoms with Crippen LogP contribution in [0.5, 0.6) is 5.75 Å². The molecule has 1 heterocycles. The number of hydrogen-bond donors (Lipinski definition) is 2. The van der Waals surface area contributed by atoms with Crippen molar-refractivity contribution in [2.24, 2.45) is 0 Å². The van der Waals surface area contributed by atoms with Crippen molar-refractivity contribution in [1.82, 2.24) is 4.98 Å². The highest BCUT2D eigenvalue weighted by molar-refractivity contribution is 6.04. The number of rotatable bonds is 3. The number of halogens is 3. The minimum Gasteiger partial charge on any atom is -0.506 e. The zero-order valence-corrected chi connectivity index (χ0v) is 11.2. The summed E-state index contributed by atoms with van der Waals surface area (Å²) in [6.07, 6.45) is -3.92. The summed E-state index contributed by atoms with van der Waals surface area (Å²) >= 11 is 0. The lowest BCUT2D eigenvalue weighted by atomic mass is 10.2. The van der Waals surface area contributed by atoms with Crippen LogP contribution in [-0.4, -0.2) is 20.9 Å². The molecule has 2 aromatic rings. The number of nitro groups is 1. The Kier molecular flexibility index (Phi) is 4.16. The third kappa shape index (κ3) is 3.73. The first kappa shape index (κ1) is 16.2. The lowest BCUT2D eigenvalue weighted by Crippen LogP contribution is -2.14. The van der Waals surface area contributed by atoms with Crippen LogP contribution in [-0.2, 0) is 6.18 Å². The highest BCUT2D eigenvalue weighted by Gasteiger charge is 2.32. The van der Waals surface area contributed by atoms with Gasteiger partial charge >= 0.3 is 6.18 Å². The predicted molar refractivity (Wildman–Crippen MR) is 72.0 cm³/mol. The molecular formula is C13H8F3N3O4. The SMILES string of the molecule is O=C(Nc1cc([N+](=O)[O-])ccc1O)c1ccc(C(F)(F)F)nc1. The molecule has 1 aromatic heterocycles. The van der Waals surface area contributed by atoms with Crippen molar-refractivity contribution in [2.45, 2.75) is 6.18 Å². The van der Waals surface area contributed by atoms with Crippen molar-refractivity contribution in [3.05, 3.63) is 57.9 Å². The molecule has 0 atom stereocenters. The van der Waals surface area contributed by atoms with E-state index in [9.17, 15) is 33.2 Å². The van der Waals surface area contributed by atoms with Crippen LogP contribution in [0, 0.1) is 10.1 Å². The van der Waals surface area contributed by atoms with Gasteiger partial charge in [0.25, 0.3) is 11.6 Å². The highest BCUT2D eigenvalue weighted by Crippen LogP contribution is 2.29. The second-order valence-corrected chi connectivity index (χ2v) is 4.34. The summed E-state index contributed by atoms with van der Waals surface area (Å²) in [5.41, 5.74) is -1.98. The Bertz CT molecular complexity index is 760. The van der Waals surface area contributed by atoms with Gasteiger partial charge in [-0.2, -0.15) is 13.2 Å². The molecule has 0 bridgehead atoms. The molecule has 7 nitrogen and oxygen atoms in total. The summed E-state index contributed by atoms with van der Waals surface area (Å²) in [6, 6.07) is 4.50. The van der Waals surface area contributed by atoms with Gasteiger partial charge in [-0.05, 0) is 18.2 Å². The number of hydrogen-bond acceptors (Lipinski definition) is 5. The number of aromatic hydroxyl groups is 1. The summed E-state index contributed by atoms with van der Waals surface area (Å²) in [7, 11) is 0. The van der Waals surface area contributed by atoms with Crippen LogP contribution < -0.4 is 5.32 Å². The van der Waals surface area contributed by atoms with Gasteiger partial charge in [0.1, 0.15) is 11.4 Å². The summed E-state index contributed by atoms with van der Waals surface area (Å²) in [6.45, 7) is 0. The van der Waals surface area contributed by atoms with E-state index in [-0.39, 0.29) is 16.9 Å². The lowest BCUT2D eigenvalue weighted by Gasteiger charge is -2.08. The number of phenolic OH excluding ortho intramolecular Hbond substituents is 1. The van der Waals surface area contributed by atoms with Crippen molar-refractivity contribution in [3.8, 4) is 5.75 Å². The minimum atomic E-state index is -4.63. The molecule has 0 aliphatic rings. The first-order valence-electron chi connectivity index (χ1n) is 6.00. The third-order valence-corrected chi connectivity index (χ3v) is 2.76. The lowest BCUT2D eigenvalue weighted by molar-refractivity contribution is -0.384. The molecule has 1 amide bonds. The molecule has 0 saturated heterocycles. The number of anilines is 1. The van der Waals surface area contributed by atoms with Gasteiger partial charge in [-0.15, -0.1) is 0 Å². The zero-order valence-electron chi connectivity index (χ0n) is 11.2. The number of pyridine rings is 1. The molecule has 0 spiro atoms. The number of phenols is 1. The quantitative estimate of drug-likeness (QED) is 0.512. The first-order chi connectivity index (χ1) is 10.7. The minimum absolute atomic E-state index is 0.205. The number of amides is 1. The molecule has 120 valence electrons. The van der Waals surface area contributed by atoms with Gasteiger partial charge < -0.3 is 10.4 Å². The van der Waals surface area contributed by atoms with Gasteiger partial charge in [0.15, 0.2) is 0 Å². The molecule has 0 fully saturated rings. The number of carbonyl (C=O) groups is 1. The second-order valence-electron chi connectivity index (χ2n) is 4.34. The van der Waals surface area contributed by atoms with Gasteiger partial charge in [-0.3, -0.25) is 19.9 Å². The average molecular weight is 327 g/mol. The maximum Gasteiger partial charge on any atom is 0.433 e. The molecule has 2 rings (SSSR count). The topological polar surface area (TPSA) is 105 Å². The number of aromatic nitrogens is 1. The molecule has 0 unspecified atom stereocenters. The Labute approximate surface area is 126 Å². The molecular weight excluding hydrogens is 319 g/mol. The van der Waals surface area contributed by atoms with Gasteiger partial charge in [0.2, 0.25) is 0 Å². The molecule has 0 radical (unpaired) electrons. The number of alkyl halides is 3. The Morgan fingerprint density at radius 1 is 1.26 bits per heavy atom. The molecule has 23 heavy (non-hydrogen) atoms. The third-order valence-electron chi connectivity index (χ3n) is 2.76. The number of benzene rings is 1. The molecule has 10 heteroatoms. The van der Waals surface area contributed by atoms with Gasteiger partial charge in [0, 0.05) is 18.3 Å². The monoisotopic (exact) mass is 327 g/mol. The van der Waals surface area contributed by atoms with Crippen molar-refractivity contribution >= 4 is 17.3 Å². The van der Waals surface area contributed by atoms with Gasteiger partial charge in [-0.1, -0.05) is 0 Å². The Morgan fingerprint density at radius 2 is 1.96 bits per heavy atom. The van der Waals surface area contributed by atoms with Crippen LogP contribution in [0.2, 0.25) is 0 Å². The molecule has 0 aliphatic carbocycles. The van der Waals surface area contributed by atoms with Crippen molar-refractivity contribution in [3.63, 3.8) is 0 Å². The zero-order chi connectivity index (χ0) is 17.2. The molecule has 1 aromatic carbocycles. The largest absolute Gasteiger partial charge is 0.506 e. The second kappa shape index (κ2) is 5.91. The molecule has 2 N–H and O–H groups in total. The fourth-order valence-electron chi connectivity index (χ4n) is 1.63. The number of non-ortho nitro benzene ring substituents is 1. The highest BCUT2D eigenvalue weighted by atomic mass is 19.4. The Balaban J connectivity index is 2.22. The predicted octanol–water partition coefficient (Wildman–Crippen LogP) is 2.97. The van der Waals surface area contributed by atoms with Crippen LogP contribution in [0.4, 0.5) is 24.5 Å². The number of carbonyl (C=O) groups excluding carboxylic acids is 1. The van der Waals surface area contributed by atoms with E-state index in [1.54, 1.807) is 0 Å². The average Bonchev–Trinajstić information content (AvgIpc) is 2.48. The van der Waals surface area contributed by atoms with Crippen LogP contribution in [0.25, 0.3) is 0 Å². The van der Waals surface area contributed by atoms with Crippen LogP contribution >= 0.6 is 0 Å². The maximum atomic E-state index is 12.4. The van der Waals surface area contributed by atoms with Crippen molar-refractivity contribution < 1.29 is 28.0 Å². The van der Waals surface area contributed by atoms with Crippen LogP contribution in [0.1, 0.15) is 16.1 Å². The first-order valence-corrected chi connectivity index (χ1v) is 6.00. The van der Waals surface area contributed by atoms with E-state index in [1.807, 2.05) is 0 Å².